The summed E-state index contributed by atoms with van der Waals surface area (Å²) in [5.74, 6) is -2.72. The molecule has 0 saturated carbocycles. The van der Waals surface area contributed by atoms with Gasteiger partial charge < -0.3 is 14.5 Å². The molecule has 0 spiro atoms. The molecule has 1 aromatic carbocycles. The summed E-state index contributed by atoms with van der Waals surface area (Å²) in [6.07, 6.45) is 4.00. The number of amides is 1. The van der Waals surface area contributed by atoms with E-state index in [-0.39, 0.29) is 5.78 Å². The number of hydrogen-bond acceptors (Lipinski definition) is 5. The van der Waals surface area contributed by atoms with Gasteiger partial charge >= 0.3 is 0 Å². The Morgan fingerprint density at radius 1 is 1.16 bits per heavy atom. The number of nitrogens with one attached hydrogen (secondary N) is 1. The maximum atomic E-state index is 13.3. The van der Waals surface area contributed by atoms with E-state index in [2.05, 4.69) is 4.98 Å². The summed E-state index contributed by atoms with van der Waals surface area (Å²) in [6.45, 7) is 4.67. The van der Waals surface area contributed by atoms with E-state index in [4.69, 9.17) is 16.3 Å². The van der Waals surface area contributed by atoms with Crippen LogP contribution < -0.4 is 4.90 Å². The molecule has 2 aliphatic rings. The van der Waals surface area contributed by atoms with E-state index in [1.165, 1.54) is 4.90 Å². The Bertz CT molecular complexity index is 945. The minimum Gasteiger partial charge on any atom is -0.370 e. The number of halogens is 1. The molecule has 2 saturated heterocycles. The van der Waals surface area contributed by atoms with Gasteiger partial charge in [0, 0.05) is 35.9 Å². The zero-order valence-corrected chi connectivity index (χ0v) is 17.9. The molecule has 2 aliphatic heterocycles. The maximum absolute atomic E-state index is 13.3. The van der Waals surface area contributed by atoms with Crippen LogP contribution in [-0.2, 0) is 14.3 Å². The lowest BCUT2D eigenvalue weighted by Crippen LogP contribution is -3.14. The van der Waals surface area contributed by atoms with Crippen molar-refractivity contribution in [3.05, 3.63) is 64.9 Å². The van der Waals surface area contributed by atoms with Crippen LogP contribution in [0.3, 0.4) is 0 Å². The second kappa shape index (κ2) is 9.68. The van der Waals surface area contributed by atoms with Crippen molar-refractivity contribution in [2.75, 3.05) is 39.4 Å². The number of carbonyl (C=O) groups is 3. The van der Waals surface area contributed by atoms with E-state index in [0.29, 0.717) is 22.7 Å². The molecule has 3 heterocycles. The van der Waals surface area contributed by atoms with Gasteiger partial charge in [-0.05, 0) is 35.9 Å². The zero-order valence-electron chi connectivity index (χ0n) is 17.1. The average molecular weight is 443 g/mol. The third-order valence-corrected chi connectivity index (χ3v) is 6.22. The zero-order chi connectivity index (χ0) is 21.8. The number of aromatic nitrogens is 1. The number of ketones is 2. The quantitative estimate of drug-likeness (QED) is 0.393. The van der Waals surface area contributed by atoms with Crippen molar-refractivity contribution in [3.8, 4) is 0 Å². The molecule has 2 aromatic rings. The molecule has 0 aliphatic carbocycles. The molecule has 7 nitrogen and oxygen atoms in total. The van der Waals surface area contributed by atoms with Crippen molar-refractivity contribution in [2.24, 2.45) is 5.92 Å². The van der Waals surface area contributed by atoms with Crippen molar-refractivity contribution >= 4 is 29.1 Å². The number of rotatable bonds is 7. The normalized spacial score (nSPS) is 22.2. The Morgan fingerprint density at radius 2 is 1.90 bits per heavy atom. The first kappa shape index (κ1) is 21.6. The number of likely N-dealkylation sites (tertiary alicyclic amines) is 1. The van der Waals surface area contributed by atoms with Gasteiger partial charge in [0.1, 0.15) is 19.0 Å². The van der Waals surface area contributed by atoms with Crippen LogP contribution in [0.1, 0.15) is 28.4 Å². The predicted molar refractivity (Wildman–Crippen MR) is 114 cm³/mol. The summed E-state index contributed by atoms with van der Waals surface area (Å²) in [4.78, 5) is 46.3. The molecule has 31 heavy (non-hydrogen) atoms. The van der Waals surface area contributed by atoms with Crippen molar-refractivity contribution in [1.29, 1.82) is 0 Å². The molecular formula is C23H25ClN3O4+. The largest absolute Gasteiger partial charge is 0.370 e. The lowest BCUT2D eigenvalue weighted by molar-refractivity contribution is -0.908. The van der Waals surface area contributed by atoms with Gasteiger partial charge in [0.15, 0.2) is 5.78 Å². The van der Waals surface area contributed by atoms with Gasteiger partial charge in [-0.3, -0.25) is 19.4 Å². The fourth-order valence-electron chi connectivity index (χ4n) is 4.35. The lowest BCUT2D eigenvalue weighted by Gasteiger charge is -2.28. The number of nitrogens with zero attached hydrogens (tertiary/aromatic N) is 2. The number of quaternary nitrogens is 1. The SMILES string of the molecule is O=C1C(=O)N(CCC[NH+]2CCOCC2)C(c2cccnc2)C1C(=O)c1ccc(Cl)cc1. The van der Waals surface area contributed by atoms with Crippen molar-refractivity contribution in [3.63, 3.8) is 0 Å². The molecule has 1 aromatic heterocycles. The van der Waals surface area contributed by atoms with Crippen LogP contribution in [-0.4, -0.2) is 66.8 Å². The van der Waals surface area contributed by atoms with Gasteiger partial charge in [0.25, 0.3) is 5.91 Å². The van der Waals surface area contributed by atoms with Crippen LogP contribution in [0, 0.1) is 5.92 Å². The van der Waals surface area contributed by atoms with E-state index >= 15 is 0 Å². The Balaban J connectivity index is 1.58. The molecule has 0 bridgehead atoms. The fourth-order valence-corrected chi connectivity index (χ4v) is 4.48. The number of Topliss-reactive ketones (excluding diaryl/α,β-unsaturated/α-hetero) is 2. The maximum Gasteiger partial charge on any atom is 0.291 e. The summed E-state index contributed by atoms with van der Waals surface area (Å²) in [5.41, 5.74) is 1.05. The van der Waals surface area contributed by atoms with E-state index in [1.807, 2.05) is 6.07 Å². The predicted octanol–water partition coefficient (Wildman–Crippen LogP) is 0.992. The van der Waals surface area contributed by atoms with Gasteiger partial charge in [0.2, 0.25) is 5.78 Å². The van der Waals surface area contributed by atoms with Crippen LogP contribution in [0.15, 0.2) is 48.8 Å². The molecule has 8 heteroatoms. The number of carbonyl (C=O) groups excluding carboxylic acids is 3. The fraction of sp³-hybridized carbons (Fsp3) is 0.391. The first-order chi connectivity index (χ1) is 15.1. The smallest absolute Gasteiger partial charge is 0.291 e. The number of hydrogen-bond donors (Lipinski definition) is 1. The van der Waals surface area contributed by atoms with Crippen molar-refractivity contribution in [1.82, 2.24) is 9.88 Å². The Morgan fingerprint density at radius 3 is 2.58 bits per heavy atom. The third-order valence-electron chi connectivity index (χ3n) is 5.97. The number of pyridine rings is 1. The highest BCUT2D eigenvalue weighted by Gasteiger charge is 2.51. The Hall–Kier alpha value is -2.61. The molecule has 1 N–H and O–H groups in total. The summed E-state index contributed by atoms with van der Waals surface area (Å²) < 4.78 is 5.39. The van der Waals surface area contributed by atoms with Crippen LogP contribution in [0.25, 0.3) is 0 Å². The Labute approximate surface area is 185 Å². The standard InChI is InChI=1S/C23H24ClN3O4/c24-18-6-4-16(5-7-18)21(28)19-20(17-3-1-8-25-15-17)27(23(30)22(19)29)10-2-9-26-11-13-31-14-12-26/h1,3-8,15,19-20H,2,9-14H2/p+1. The monoisotopic (exact) mass is 442 g/mol. The number of morpholine rings is 1. The molecule has 1 amide bonds. The van der Waals surface area contributed by atoms with Gasteiger partial charge in [0.05, 0.1) is 25.8 Å². The molecule has 2 fully saturated rings. The molecule has 0 radical (unpaired) electrons. The van der Waals surface area contributed by atoms with E-state index in [0.717, 1.165) is 39.3 Å². The summed E-state index contributed by atoms with van der Waals surface area (Å²) >= 11 is 5.94. The van der Waals surface area contributed by atoms with Crippen molar-refractivity contribution < 1.29 is 24.0 Å². The van der Waals surface area contributed by atoms with E-state index in [9.17, 15) is 14.4 Å². The molecule has 4 rings (SSSR count). The van der Waals surface area contributed by atoms with Crippen molar-refractivity contribution in [2.45, 2.75) is 12.5 Å². The molecule has 2 atom stereocenters. The minimum atomic E-state index is -1.09. The first-order valence-corrected chi connectivity index (χ1v) is 10.9. The second-order valence-electron chi connectivity index (χ2n) is 7.91. The van der Waals surface area contributed by atoms with Gasteiger partial charge in [-0.2, -0.15) is 0 Å². The number of benzene rings is 1. The number of ether oxygens (including phenoxy) is 1. The van der Waals surface area contributed by atoms with Gasteiger partial charge in [-0.15, -0.1) is 0 Å². The topological polar surface area (TPSA) is 81.0 Å². The summed E-state index contributed by atoms with van der Waals surface area (Å²) in [5, 5.41) is 0.501. The lowest BCUT2D eigenvalue weighted by atomic mass is 9.87. The van der Waals surface area contributed by atoms with E-state index < -0.39 is 23.7 Å². The van der Waals surface area contributed by atoms with Crippen LogP contribution in [0.5, 0.6) is 0 Å². The van der Waals surface area contributed by atoms with Crippen LogP contribution in [0.2, 0.25) is 5.02 Å². The molecule has 162 valence electrons. The third kappa shape index (κ3) is 4.69. The highest BCUT2D eigenvalue weighted by Crippen LogP contribution is 2.38. The van der Waals surface area contributed by atoms with Gasteiger partial charge in [-0.1, -0.05) is 17.7 Å². The molecular weight excluding hydrogens is 418 g/mol. The highest BCUT2D eigenvalue weighted by atomic mass is 35.5. The van der Waals surface area contributed by atoms with Crippen LogP contribution in [0.4, 0.5) is 0 Å². The van der Waals surface area contributed by atoms with Gasteiger partial charge in [-0.25, -0.2) is 0 Å². The van der Waals surface area contributed by atoms with Crippen LogP contribution >= 0.6 is 11.6 Å². The first-order valence-electron chi connectivity index (χ1n) is 10.5. The Kier molecular flexibility index (Phi) is 6.75. The minimum absolute atomic E-state index is 0.365. The summed E-state index contributed by atoms with van der Waals surface area (Å²) in [6, 6.07) is 9.31. The summed E-state index contributed by atoms with van der Waals surface area (Å²) in [7, 11) is 0. The second-order valence-corrected chi connectivity index (χ2v) is 8.35. The van der Waals surface area contributed by atoms with E-state index in [1.54, 1.807) is 47.6 Å². The highest BCUT2D eigenvalue weighted by molar-refractivity contribution is 6.44. The average Bonchev–Trinajstić information content (AvgIpc) is 3.05. The molecule has 2 unspecified atom stereocenters.